The molecule has 3 rings (SSSR count). The fourth-order valence-electron chi connectivity index (χ4n) is 1.95. The number of hydrogen-bond donors (Lipinski definition) is 1. The summed E-state index contributed by atoms with van der Waals surface area (Å²) >= 11 is 3.53. The second kappa shape index (κ2) is 5.50. The molecule has 0 aliphatic carbocycles. The van der Waals surface area contributed by atoms with Crippen molar-refractivity contribution in [3.05, 3.63) is 52.8 Å². The maximum Gasteiger partial charge on any atom is 0.157 e. The Hall–Kier alpha value is -2.08. The van der Waals surface area contributed by atoms with E-state index in [2.05, 4.69) is 31.3 Å². The first kappa shape index (κ1) is 12.9. The topological polar surface area (TPSA) is 51.5 Å². The largest absolute Gasteiger partial charge is 0.497 e. The molecule has 0 amide bonds. The molecule has 5 nitrogen and oxygen atoms in total. The molecule has 0 aliphatic rings. The summed E-state index contributed by atoms with van der Waals surface area (Å²) < 4.78 is 7.87. The van der Waals surface area contributed by atoms with E-state index in [1.54, 1.807) is 18.0 Å². The lowest BCUT2D eigenvalue weighted by atomic mass is 10.2. The van der Waals surface area contributed by atoms with Gasteiger partial charge < -0.3 is 10.1 Å². The number of rotatable bonds is 4. The lowest BCUT2D eigenvalue weighted by Gasteiger charge is -2.10. The maximum atomic E-state index is 5.15. The minimum atomic E-state index is 0.696. The van der Waals surface area contributed by atoms with Crippen molar-refractivity contribution in [3.8, 4) is 5.75 Å². The van der Waals surface area contributed by atoms with Crippen LogP contribution in [-0.4, -0.2) is 21.7 Å². The number of pyridine rings is 1. The Morgan fingerprint density at radius 1 is 1.20 bits per heavy atom. The highest BCUT2D eigenvalue weighted by Gasteiger charge is 2.06. The molecule has 6 heteroatoms. The Labute approximate surface area is 124 Å². The first-order valence-corrected chi connectivity index (χ1v) is 6.92. The van der Waals surface area contributed by atoms with Crippen molar-refractivity contribution in [3.63, 3.8) is 0 Å². The van der Waals surface area contributed by atoms with Crippen molar-refractivity contribution < 1.29 is 4.74 Å². The third-order valence-corrected chi connectivity index (χ3v) is 3.65. The number of nitrogens with one attached hydrogen (secondary N) is 1. The third-order valence-electron chi connectivity index (χ3n) is 3.01. The summed E-state index contributed by atoms with van der Waals surface area (Å²) in [6, 6.07) is 11.8. The summed E-state index contributed by atoms with van der Waals surface area (Å²) in [5, 5.41) is 7.58. The van der Waals surface area contributed by atoms with Crippen molar-refractivity contribution in [1.29, 1.82) is 0 Å². The number of benzene rings is 1. The van der Waals surface area contributed by atoms with E-state index < -0.39 is 0 Å². The molecule has 102 valence electrons. The van der Waals surface area contributed by atoms with Crippen LogP contribution >= 0.6 is 15.9 Å². The van der Waals surface area contributed by atoms with Gasteiger partial charge in [0.2, 0.25) is 0 Å². The van der Waals surface area contributed by atoms with Crippen LogP contribution in [0.2, 0.25) is 0 Å². The molecule has 0 unspecified atom stereocenters. The fourth-order valence-corrected chi connectivity index (χ4v) is 2.39. The van der Waals surface area contributed by atoms with E-state index in [0.29, 0.717) is 6.54 Å². The fraction of sp³-hybridized carbons (Fsp3) is 0.143. The van der Waals surface area contributed by atoms with Crippen molar-refractivity contribution in [1.82, 2.24) is 14.6 Å². The Kier molecular flexibility index (Phi) is 3.56. The van der Waals surface area contributed by atoms with Gasteiger partial charge in [-0.25, -0.2) is 4.98 Å². The second-order valence-electron chi connectivity index (χ2n) is 4.26. The van der Waals surface area contributed by atoms with E-state index >= 15 is 0 Å². The summed E-state index contributed by atoms with van der Waals surface area (Å²) in [5.41, 5.74) is 1.97. The van der Waals surface area contributed by atoms with Gasteiger partial charge in [0.25, 0.3) is 0 Å². The molecule has 2 heterocycles. The van der Waals surface area contributed by atoms with Gasteiger partial charge in [0.05, 0.1) is 11.6 Å². The van der Waals surface area contributed by atoms with Gasteiger partial charge in [0.15, 0.2) is 5.65 Å². The smallest absolute Gasteiger partial charge is 0.157 e. The molecule has 0 saturated carbocycles. The molecule has 1 N–H and O–H groups in total. The number of nitrogens with zero attached hydrogens (tertiary/aromatic N) is 3. The Morgan fingerprint density at radius 2 is 2.00 bits per heavy atom. The quantitative estimate of drug-likeness (QED) is 0.797. The summed E-state index contributed by atoms with van der Waals surface area (Å²) in [7, 11) is 1.66. The molecule has 0 aliphatic heterocycles. The number of fused-ring (bicyclic) bond motifs is 1. The van der Waals surface area contributed by atoms with Crippen molar-refractivity contribution >= 4 is 27.4 Å². The van der Waals surface area contributed by atoms with Gasteiger partial charge in [-0.05, 0) is 45.8 Å². The zero-order valence-corrected chi connectivity index (χ0v) is 12.5. The lowest BCUT2D eigenvalue weighted by Crippen LogP contribution is -2.06. The molecule has 0 spiro atoms. The Balaban J connectivity index is 1.82. The first-order valence-electron chi connectivity index (χ1n) is 6.13. The minimum Gasteiger partial charge on any atom is -0.497 e. The Morgan fingerprint density at radius 3 is 2.75 bits per heavy atom. The molecule has 0 fully saturated rings. The van der Waals surface area contributed by atoms with E-state index in [1.807, 2.05) is 36.4 Å². The van der Waals surface area contributed by atoms with Crippen LogP contribution in [0.1, 0.15) is 5.56 Å². The number of aromatic nitrogens is 3. The van der Waals surface area contributed by atoms with E-state index in [9.17, 15) is 0 Å². The zero-order chi connectivity index (χ0) is 13.9. The predicted octanol–water partition coefficient (Wildman–Crippen LogP) is 3.11. The molecule has 0 atom stereocenters. The molecule has 20 heavy (non-hydrogen) atoms. The highest BCUT2D eigenvalue weighted by Crippen LogP contribution is 2.23. The molecular weight excluding hydrogens is 320 g/mol. The van der Waals surface area contributed by atoms with E-state index in [0.717, 1.165) is 27.3 Å². The van der Waals surface area contributed by atoms with E-state index in [1.165, 1.54) is 0 Å². The molecule has 0 saturated heterocycles. The van der Waals surface area contributed by atoms with Crippen molar-refractivity contribution in [2.75, 3.05) is 12.4 Å². The summed E-state index contributed by atoms with van der Waals surface area (Å²) in [4.78, 5) is 4.17. The predicted molar refractivity (Wildman–Crippen MR) is 81.0 cm³/mol. The average molecular weight is 333 g/mol. The monoisotopic (exact) mass is 332 g/mol. The lowest BCUT2D eigenvalue weighted by molar-refractivity contribution is 0.414. The van der Waals surface area contributed by atoms with Crippen LogP contribution in [0.3, 0.4) is 0 Å². The SMILES string of the molecule is COc1ccc(CNc2c(Br)ccc3ncnn23)cc1. The maximum absolute atomic E-state index is 5.15. The van der Waals surface area contributed by atoms with Crippen molar-refractivity contribution in [2.24, 2.45) is 0 Å². The second-order valence-corrected chi connectivity index (χ2v) is 5.12. The van der Waals surface area contributed by atoms with Gasteiger partial charge in [-0.2, -0.15) is 9.61 Å². The standard InChI is InChI=1S/C14H13BrN4O/c1-20-11-4-2-10(3-5-11)8-16-14-12(15)6-7-13-17-9-18-19(13)14/h2-7,9,16H,8H2,1H3. The number of methoxy groups -OCH3 is 1. The molecule has 2 aromatic heterocycles. The summed E-state index contributed by atoms with van der Waals surface area (Å²) in [6.45, 7) is 0.696. The van der Waals surface area contributed by atoms with Gasteiger partial charge >= 0.3 is 0 Å². The van der Waals surface area contributed by atoms with Gasteiger partial charge in [0, 0.05) is 6.54 Å². The number of hydrogen-bond acceptors (Lipinski definition) is 4. The van der Waals surface area contributed by atoms with E-state index in [4.69, 9.17) is 4.74 Å². The molecular formula is C14H13BrN4O. The average Bonchev–Trinajstić information content (AvgIpc) is 2.95. The molecule has 3 aromatic rings. The normalized spacial score (nSPS) is 10.7. The van der Waals surface area contributed by atoms with Gasteiger partial charge in [-0.15, -0.1) is 0 Å². The van der Waals surface area contributed by atoms with Gasteiger partial charge in [-0.1, -0.05) is 12.1 Å². The highest BCUT2D eigenvalue weighted by atomic mass is 79.9. The summed E-state index contributed by atoms with van der Waals surface area (Å²) in [6.07, 6.45) is 1.54. The van der Waals surface area contributed by atoms with Gasteiger partial charge in [0.1, 0.15) is 17.9 Å². The molecule has 0 radical (unpaired) electrons. The van der Waals surface area contributed by atoms with Crippen LogP contribution in [-0.2, 0) is 6.54 Å². The van der Waals surface area contributed by atoms with E-state index in [-0.39, 0.29) is 0 Å². The third kappa shape index (κ3) is 2.46. The Bertz CT molecular complexity index is 724. The summed E-state index contributed by atoms with van der Waals surface area (Å²) in [5.74, 6) is 1.74. The first-order chi connectivity index (χ1) is 9.78. The number of ether oxygens (including phenoxy) is 1. The molecule has 1 aromatic carbocycles. The van der Waals surface area contributed by atoms with Crippen LogP contribution in [0, 0.1) is 0 Å². The van der Waals surface area contributed by atoms with Gasteiger partial charge in [-0.3, -0.25) is 0 Å². The zero-order valence-electron chi connectivity index (χ0n) is 10.9. The van der Waals surface area contributed by atoms with Crippen LogP contribution in [0.25, 0.3) is 5.65 Å². The van der Waals surface area contributed by atoms with Crippen LogP contribution < -0.4 is 10.1 Å². The van der Waals surface area contributed by atoms with Crippen molar-refractivity contribution in [2.45, 2.75) is 6.54 Å². The number of anilines is 1. The highest BCUT2D eigenvalue weighted by molar-refractivity contribution is 9.10. The van der Waals surface area contributed by atoms with Crippen LogP contribution in [0.4, 0.5) is 5.82 Å². The molecule has 0 bridgehead atoms. The minimum absolute atomic E-state index is 0.696. The number of halogens is 1. The van der Waals surface area contributed by atoms with Crippen LogP contribution in [0.15, 0.2) is 47.2 Å². The van der Waals surface area contributed by atoms with Crippen LogP contribution in [0.5, 0.6) is 5.75 Å².